The summed E-state index contributed by atoms with van der Waals surface area (Å²) in [6.45, 7) is 3.33. The van der Waals surface area contributed by atoms with E-state index in [1.54, 1.807) is 18.4 Å². The Balaban J connectivity index is 1.68. The van der Waals surface area contributed by atoms with E-state index < -0.39 is 13.4 Å². The Morgan fingerprint density at radius 3 is 2.97 bits per heavy atom. The number of nitriles is 1. The second-order valence-electron chi connectivity index (χ2n) is 7.72. The summed E-state index contributed by atoms with van der Waals surface area (Å²) in [7, 11) is -4.20. The minimum absolute atomic E-state index is 0.00113. The number of nitrogens with zero attached hydrogens (tertiary/aromatic N) is 4. The third-order valence-corrected chi connectivity index (χ3v) is 6.03. The fraction of sp³-hybridized carbons (Fsp3) is 0.611. The lowest BCUT2D eigenvalue weighted by molar-refractivity contribution is -0.118. The first-order chi connectivity index (χ1) is 14.7. The molecule has 168 valence electrons. The highest BCUT2D eigenvalue weighted by atomic mass is 31.2. The van der Waals surface area contributed by atoms with E-state index in [2.05, 4.69) is 20.3 Å². The molecule has 3 atom stereocenters. The van der Waals surface area contributed by atoms with Gasteiger partial charge in [-0.3, -0.25) is 28.9 Å². The topological polar surface area (TPSA) is 172 Å². The van der Waals surface area contributed by atoms with Crippen molar-refractivity contribution in [1.29, 1.82) is 5.26 Å². The maximum Gasteiger partial charge on any atom is 0.472 e. The smallest absolute Gasteiger partial charge is 0.312 e. The maximum absolute atomic E-state index is 12.3. The molecule has 1 aliphatic rings. The highest BCUT2D eigenvalue weighted by molar-refractivity contribution is 7.47. The number of phosphoric ester groups is 1. The van der Waals surface area contributed by atoms with Gasteiger partial charge in [0, 0.05) is 12.0 Å². The number of rotatable bonds is 9. The van der Waals surface area contributed by atoms with Crippen LogP contribution in [0.3, 0.4) is 0 Å². The van der Waals surface area contributed by atoms with E-state index in [4.69, 9.17) is 14.3 Å². The van der Waals surface area contributed by atoms with E-state index in [0.717, 1.165) is 12.8 Å². The average molecular weight is 452 g/mol. The van der Waals surface area contributed by atoms with Crippen LogP contribution in [0.2, 0.25) is 0 Å². The van der Waals surface area contributed by atoms with Crippen molar-refractivity contribution in [2.24, 2.45) is 11.8 Å². The lowest BCUT2D eigenvalue weighted by atomic mass is 10.1. The van der Waals surface area contributed by atoms with E-state index >= 15 is 0 Å². The molecule has 3 N–H and O–H groups in total. The number of carbonyl (C=O) groups is 1. The average Bonchev–Trinajstić information content (AvgIpc) is 3.33. The third kappa shape index (κ3) is 5.77. The number of H-pyrrole nitrogens is 1. The summed E-state index contributed by atoms with van der Waals surface area (Å²) in [6, 6.07) is 1.79. The van der Waals surface area contributed by atoms with Crippen molar-refractivity contribution in [3.05, 3.63) is 16.7 Å². The molecule has 1 unspecified atom stereocenters. The number of aromatic nitrogens is 4. The summed E-state index contributed by atoms with van der Waals surface area (Å²) in [5, 5.41) is 11.1. The van der Waals surface area contributed by atoms with Crippen molar-refractivity contribution < 1.29 is 23.3 Å². The minimum atomic E-state index is -4.20. The first-order valence-corrected chi connectivity index (χ1v) is 11.5. The van der Waals surface area contributed by atoms with Gasteiger partial charge in [-0.1, -0.05) is 13.8 Å². The van der Waals surface area contributed by atoms with Crippen LogP contribution < -0.4 is 10.9 Å². The number of phosphoric acid groups is 1. The normalized spacial score (nSPS) is 20.6. The molecule has 1 fully saturated rings. The molecule has 0 spiro atoms. The fourth-order valence-corrected chi connectivity index (χ4v) is 4.21. The quantitative estimate of drug-likeness (QED) is 0.380. The molecular formula is C18H25N6O6P. The van der Waals surface area contributed by atoms with Crippen molar-refractivity contribution in [3.8, 4) is 6.07 Å². The summed E-state index contributed by atoms with van der Waals surface area (Å²) in [5.74, 6) is -0.471. The van der Waals surface area contributed by atoms with Gasteiger partial charge in [0.15, 0.2) is 11.2 Å². The van der Waals surface area contributed by atoms with Crippen molar-refractivity contribution in [2.75, 3.05) is 18.5 Å². The van der Waals surface area contributed by atoms with Crippen LogP contribution in [0.15, 0.2) is 11.1 Å². The molecule has 31 heavy (non-hydrogen) atoms. The number of amides is 1. The molecule has 2 heterocycles. The molecule has 3 rings (SSSR count). The molecule has 12 nitrogen and oxygen atoms in total. The Bertz CT molecular complexity index is 1090. The highest BCUT2D eigenvalue weighted by Gasteiger charge is 2.31. The van der Waals surface area contributed by atoms with Gasteiger partial charge in [0.1, 0.15) is 0 Å². The largest absolute Gasteiger partial charge is 0.472 e. The molecule has 1 aliphatic carbocycles. The first-order valence-electron chi connectivity index (χ1n) is 9.96. The number of aromatic amines is 1. The van der Waals surface area contributed by atoms with Crippen molar-refractivity contribution >= 4 is 30.8 Å². The highest BCUT2D eigenvalue weighted by Crippen LogP contribution is 2.45. The van der Waals surface area contributed by atoms with E-state index in [9.17, 15) is 19.0 Å². The summed E-state index contributed by atoms with van der Waals surface area (Å²) in [6.07, 6.45) is 3.65. The standard InChI is InChI=1S/C18H25N6O6P/c1-11(2)16(25)22-18-21-15-14(17(26)23-18)20-10-24(15)13-5-4-12(8-13)9-30-31(27,28)29-7-3-6-19/h10-13H,3-5,7-9H2,1-2H3,(H,27,28)(H2,21,22,23,25,26)/t12-,13+/m1/s1. The van der Waals surface area contributed by atoms with Crippen LogP contribution in [0.5, 0.6) is 0 Å². The number of nitrogens with one attached hydrogen (secondary N) is 2. The van der Waals surface area contributed by atoms with Crippen molar-refractivity contribution in [2.45, 2.75) is 45.6 Å². The Kier molecular flexibility index (Phi) is 7.23. The number of hydrogen-bond donors (Lipinski definition) is 3. The van der Waals surface area contributed by atoms with E-state index in [1.165, 1.54) is 6.33 Å². The van der Waals surface area contributed by atoms with Gasteiger partial charge < -0.3 is 9.46 Å². The van der Waals surface area contributed by atoms with Gasteiger partial charge in [-0.25, -0.2) is 9.55 Å². The number of imidazole rings is 1. The summed E-state index contributed by atoms with van der Waals surface area (Å²) in [4.78, 5) is 45.0. The molecule has 1 saturated carbocycles. The van der Waals surface area contributed by atoms with E-state index in [1.807, 2.05) is 6.07 Å². The van der Waals surface area contributed by atoms with Crippen LogP contribution in [-0.4, -0.2) is 43.5 Å². The molecule has 0 saturated heterocycles. The van der Waals surface area contributed by atoms with Crippen LogP contribution in [-0.2, 0) is 18.4 Å². The number of fused-ring (bicyclic) bond motifs is 1. The first kappa shape index (κ1) is 23.1. The van der Waals surface area contributed by atoms with Crippen molar-refractivity contribution in [1.82, 2.24) is 19.5 Å². The van der Waals surface area contributed by atoms with Crippen LogP contribution in [0.4, 0.5) is 5.95 Å². The van der Waals surface area contributed by atoms with Crippen LogP contribution in [0, 0.1) is 23.2 Å². The van der Waals surface area contributed by atoms with Crippen molar-refractivity contribution in [3.63, 3.8) is 0 Å². The molecule has 0 radical (unpaired) electrons. The molecule has 0 bridgehead atoms. The monoisotopic (exact) mass is 452 g/mol. The van der Waals surface area contributed by atoms with Crippen LogP contribution in [0.25, 0.3) is 11.2 Å². The summed E-state index contributed by atoms with van der Waals surface area (Å²) < 4.78 is 23.4. The number of anilines is 1. The second kappa shape index (κ2) is 9.70. The number of carbonyl (C=O) groups excluding carboxylic acids is 1. The molecular weight excluding hydrogens is 427 g/mol. The predicted molar refractivity (Wildman–Crippen MR) is 110 cm³/mol. The lowest BCUT2D eigenvalue weighted by Crippen LogP contribution is -2.22. The predicted octanol–water partition coefficient (Wildman–Crippen LogP) is 2.10. The third-order valence-electron chi connectivity index (χ3n) is 5.05. The lowest BCUT2D eigenvalue weighted by Gasteiger charge is -2.16. The zero-order chi connectivity index (χ0) is 22.6. The zero-order valence-corrected chi connectivity index (χ0v) is 18.2. The maximum atomic E-state index is 12.3. The van der Waals surface area contributed by atoms with Gasteiger partial charge in [-0.05, 0) is 25.2 Å². The van der Waals surface area contributed by atoms with Gasteiger partial charge in [0.05, 0.1) is 32.0 Å². The molecule has 2 aromatic heterocycles. The summed E-state index contributed by atoms with van der Waals surface area (Å²) >= 11 is 0. The molecule has 1 amide bonds. The van der Waals surface area contributed by atoms with E-state index in [-0.39, 0.29) is 54.9 Å². The minimum Gasteiger partial charge on any atom is -0.312 e. The summed E-state index contributed by atoms with van der Waals surface area (Å²) in [5.41, 5.74) is 0.0893. The Hall–Kier alpha value is -2.58. The second-order valence-corrected chi connectivity index (χ2v) is 9.17. The SMILES string of the molecule is CC(C)C(=O)Nc1nc2c(ncn2[C@H]2CC[C@@H](COP(=O)(O)OCCC#N)C2)c(=O)[nH]1. The van der Waals surface area contributed by atoms with Gasteiger partial charge in [0.2, 0.25) is 11.9 Å². The number of hydrogen-bond acceptors (Lipinski definition) is 8. The fourth-order valence-electron chi connectivity index (χ4n) is 3.41. The van der Waals surface area contributed by atoms with Crippen LogP contribution >= 0.6 is 7.82 Å². The molecule has 13 heteroatoms. The van der Waals surface area contributed by atoms with Gasteiger partial charge in [-0.2, -0.15) is 10.2 Å². The molecule has 0 aromatic carbocycles. The molecule has 0 aliphatic heterocycles. The van der Waals surface area contributed by atoms with E-state index in [0.29, 0.717) is 12.1 Å². The molecule has 2 aromatic rings. The Morgan fingerprint density at radius 1 is 1.48 bits per heavy atom. The Morgan fingerprint density at radius 2 is 2.26 bits per heavy atom. The zero-order valence-electron chi connectivity index (χ0n) is 17.3. The van der Waals surface area contributed by atoms with Gasteiger partial charge in [0.25, 0.3) is 5.56 Å². The van der Waals surface area contributed by atoms with Gasteiger partial charge in [-0.15, -0.1) is 0 Å². The Labute approximate surface area is 178 Å². The van der Waals surface area contributed by atoms with Gasteiger partial charge >= 0.3 is 7.82 Å². The van der Waals surface area contributed by atoms with Crippen LogP contribution in [0.1, 0.15) is 45.6 Å².